The molecule has 29 heavy (non-hydrogen) atoms. The van der Waals surface area contributed by atoms with E-state index in [9.17, 15) is 18.0 Å². The maximum absolute atomic E-state index is 12.6. The lowest BCUT2D eigenvalue weighted by atomic mass is 10.1. The zero-order valence-corrected chi connectivity index (χ0v) is 14.7. The molecule has 1 aromatic heterocycles. The van der Waals surface area contributed by atoms with Crippen molar-refractivity contribution in [2.75, 3.05) is 11.1 Å². The van der Waals surface area contributed by atoms with E-state index in [4.69, 9.17) is 11.0 Å². The SMILES string of the molecule is N#Cc1cccc(C(=O)Nc2ccc(-c3ccccc3OC(F)(F)F)c(N)n2)c1. The number of ether oxygens (including phenoxy) is 1. The van der Waals surface area contributed by atoms with Gasteiger partial charge in [0.15, 0.2) is 0 Å². The molecule has 0 saturated carbocycles. The first-order valence-corrected chi connectivity index (χ1v) is 8.20. The third-order valence-corrected chi connectivity index (χ3v) is 3.82. The third-order valence-electron chi connectivity index (χ3n) is 3.82. The van der Waals surface area contributed by atoms with Gasteiger partial charge in [-0.3, -0.25) is 4.79 Å². The van der Waals surface area contributed by atoms with Crippen LogP contribution in [0.25, 0.3) is 11.1 Å². The molecule has 3 aromatic rings. The van der Waals surface area contributed by atoms with Gasteiger partial charge in [-0.2, -0.15) is 5.26 Å². The molecule has 0 bridgehead atoms. The van der Waals surface area contributed by atoms with Gasteiger partial charge in [0.25, 0.3) is 5.91 Å². The van der Waals surface area contributed by atoms with E-state index >= 15 is 0 Å². The average molecular weight is 398 g/mol. The number of rotatable bonds is 4. The van der Waals surface area contributed by atoms with E-state index in [0.29, 0.717) is 5.56 Å². The van der Waals surface area contributed by atoms with Crippen molar-refractivity contribution in [2.24, 2.45) is 0 Å². The topological polar surface area (TPSA) is 101 Å². The van der Waals surface area contributed by atoms with Crippen LogP contribution in [-0.2, 0) is 0 Å². The standard InChI is InChI=1S/C20H13F3N4O2/c21-20(22,23)29-16-7-2-1-6-14(16)15-8-9-17(26-18(15)25)27-19(28)13-5-3-4-12(10-13)11-24/h1-10H,(H3,25,26,27,28). The molecule has 9 heteroatoms. The van der Waals surface area contributed by atoms with Gasteiger partial charge in [0.2, 0.25) is 0 Å². The Bertz CT molecular complexity index is 1110. The molecule has 0 aliphatic carbocycles. The number of para-hydroxylation sites is 1. The second kappa shape index (κ2) is 7.90. The quantitative estimate of drug-likeness (QED) is 0.680. The van der Waals surface area contributed by atoms with E-state index in [-0.39, 0.29) is 28.3 Å². The van der Waals surface area contributed by atoms with Gasteiger partial charge in [-0.25, -0.2) is 4.98 Å². The molecule has 3 rings (SSSR count). The van der Waals surface area contributed by atoms with Gasteiger partial charge in [0.05, 0.1) is 11.6 Å². The van der Waals surface area contributed by atoms with Gasteiger partial charge in [-0.05, 0) is 36.4 Å². The van der Waals surface area contributed by atoms with Crippen molar-refractivity contribution in [2.45, 2.75) is 6.36 Å². The minimum Gasteiger partial charge on any atom is -0.405 e. The largest absolute Gasteiger partial charge is 0.573 e. The molecule has 0 unspecified atom stereocenters. The van der Waals surface area contributed by atoms with Crippen molar-refractivity contribution >= 4 is 17.5 Å². The predicted molar refractivity (Wildman–Crippen MR) is 99.9 cm³/mol. The minimum atomic E-state index is -4.86. The Labute approximate surface area is 163 Å². The molecule has 0 fully saturated rings. The van der Waals surface area contributed by atoms with Crippen LogP contribution in [0.15, 0.2) is 60.7 Å². The Hall–Kier alpha value is -4.06. The first-order valence-electron chi connectivity index (χ1n) is 8.20. The predicted octanol–water partition coefficient (Wildman–Crippen LogP) is 4.35. The molecule has 1 amide bonds. The van der Waals surface area contributed by atoms with Crippen LogP contribution in [0.4, 0.5) is 24.8 Å². The number of benzene rings is 2. The Morgan fingerprint density at radius 3 is 2.52 bits per heavy atom. The van der Waals surface area contributed by atoms with Gasteiger partial charge in [-0.15, -0.1) is 13.2 Å². The summed E-state index contributed by atoms with van der Waals surface area (Å²) in [5, 5.41) is 11.4. The van der Waals surface area contributed by atoms with E-state index in [1.54, 1.807) is 12.1 Å². The molecule has 3 N–H and O–H groups in total. The van der Waals surface area contributed by atoms with Crippen LogP contribution in [-0.4, -0.2) is 17.3 Å². The second-order valence-corrected chi connectivity index (χ2v) is 5.82. The molecule has 0 saturated heterocycles. The summed E-state index contributed by atoms with van der Waals surface area (Å²) in [4.78, 5) is 16.4. The van der Waals surface area contributed by atoms with Gasteiger partial charge >= 0.3 is 6.36 Å². The summed E-state index contributed by atoms with van der Waals surface area (Å²) >= 11 is 0. The molecular formula is C20H13F3N4O2. The minimum absolute atomic E-state index is 0.0909. The van der Waals surface area contributed by atoms with Crippen molar-refractivity contribution in [1.29, 1.82) is 5.26 Å². The summed E-state index contributed by atoms with van der Waals surface area (Å²) in [6.45, 7) is 0. The Kier molecular flexibility index (Phi) is 5.36. The number of amides is 1. The summed E-state index contributed by atoms with van der Waals surface area (Å²) in [7, 11) is 0. The van der Waals surface area contributed by atoms with Crippen LogP contribution in [0.2, 0.25) is 0 Å². The molecule has 146 valence electrons. The lowest BCUT2D eigenvalue weighted by Gasteiger charge is -2.14. The maximum atomic E-state index is 12.6. The van der Waals surface area contributed by atoms with Crippen molar-refractivity contribution in [1.82, 2.24) is 4.98 Å². The number of nitrogens with two attached hydrogens (primary N) is 1. The summed E-state index contributed by atoms with van der Waals surface area (Å²) < 4.78 is 41.9. The Morgan fingerprint density at radius 2 is 1.83 bits per heavy atom. The van der Waals surface area contributed by atoms with Crippen LogP contribution in [0.3, 0.4) is 0 Å². The fourth-order valence-corrected chi connectivity index (χ4v) is 2.59. The first-order chi connectivity index (χ1) is 13.8. The highest BCUT2D eigenvalue weighted by atomic mass is 19.4. The van der Waals surface area contributed by atoms with Crippen LogP contribution in [0.5, 0.6) is 5.75 Å². The first kappa shape index (κ1) is 19.7. The number of nitrogens with zero attached hydrogens (tertiary/aromatic N) is 2. The normalized spacial score (nSPS) is 10.8. The molecule has 0 aliphatic rings. The zero-order chi connectivity index (χ0) is 21.0. The monoisotopic (exact) mass is 398 g/mol. The molecule has 1 heterocycles. The fourth-order valence-electron chi connectivity index (χ4n) is 2.59. The lowest BCUT2D eigenvalue weighted by molar-refractivity contribution is -0.274. The second-order valence-electron chi connectivity index (χ2n) is 5.82. The van der Waals surface area contributed by atoms with Gasteiger partial charge in [-0.1, -0.05) is 24.3 Å². The third kappa shape index (κ3) is 4.81. The van der Waals surface area contributed by atoms with Crippen molar-refractivity contribution < 1.29 is 22.7 Å². The highest BCUT2D eigenvalue weighted by Gasteiger charge is 2.32. The Balaban J connectivity index is 1.86. The Morgan fingerprint density at radius 1 is 1.07 bits per heavy atom. The number of anilines is 2. The number of hydrogen-bond donors (Lipinski definition) is 2. The van der Waals surface area contributed by atoms with E-state index in [2.05, 4.69) is 15.0 Å². The number of nitrogen functional groups attached to an aromatic ring is 1. The molecule has 2 aromatic carbocycles. The molecule has 6 nitrogen and oxygen atoms in total. The van der Waals surface area contributed by atoms with Crippen molar-refractivity contribution in [3.63, 3.8) is 0 Å². The number of carbonyl (C=O) groups is 1. The zero-order valence-electron chi connectivity index (χ0n) is 14.7. The van der Waals surface area contributed by atoms with Crippen LogP contribution < -0.4 is 15.8 Å². The van der Waals surface area contributed by atoms with E-state index in [1.165, 1.54) is 48.5 Å². The van der Waals surface area contributed by atoms with E-state index < -0.39 is 18.0 Å². The lowest BCUT2D eigenvalue weighted by Crippen LogP contribution is -2.17. The average Bonchev–Trinajstić information content (AvgIpc) is 2.68. The van der Waals surface area contributed by atoms with Crippen LogP contribution >= 0.6 is 0 Å². The smallest absolute Gasteiger partial charge is 0.405 e. The number of alkyl halides is 3. The summed E-state index contributed by atoms with van der Waals surface area (Å²) in [6, 6.07) is 16.4. The number of nitrogens with one attached hydrogen (secondary N) is 1. The van der Waals surface area contributed by atoms with Gasteiger partial charge in [0, 0.05) is 16.7 Å². The molecular weight excluding hydrogens is 385 g/mol. The van der Waals surface area contributed by atoms with Gasteiger partial charge < -0.3 is 15.8 Å². The number of halogens is 3. The molecule has 0 radical (unpaired) electrons. The summed E-state index contributed by atoms with van der Waals surface area (Å²) in [5.41, 5.74) is 6.80. The molecule has 0 aliphatic heterocycles. The van der Waals surface area contributed by atoms with Crippen LogP contribution in [0.1, 0.15) is 15.9 Å². The number of aromatic nitrogens is 1. The highest BCUT2D eigenvalue weighted by molar-refractivity contribution is 6.04. The van der Waals surface area contributed by atoms with E-state index in [1.807, 2.05) is 6.07 Å². The highest BCUT2D eigenvalue weighted by Crippen LogP contribution is 2.36. The number of pyridine rings is 1. The van der Waals surface area contributed by atoms with Gasteiger partial charge in [0.1, 0.15) is 17.4 Å². The summed E-state index contributed by atoms with van der Waals surface area (Å²) in [6.07, 6.45) is -4.86. The van der Waals surface area contributed by atoms with Crippen molar-refractivity contribution in [3.05, 3.63) is 71.8 Å². The summed E-state index contributed by atoms with van der Waals surface area (Å²) in [5.74, 6) is -0.916. The number of hydrogen-bond acceptors (Lipinski definition) is 5. The number of carbonyl (C=O) groups excluding carboxylic acids is 1. The van der Waals surface area contributed by atoms with E-state index in [0.717, 1.165) is 0 Å². The fraction of sp³-hybridized carbons (Fsp3) is 0.0500. The van der Waals surface area contributed by atoms with Crippen molar-refractivity contribution in [3.8, 4) is 22.9 Å². The number of nitriles is 1. The maximum Gasteiger partial charge on any atom is 0.573 e. The van der Waals surface area contributed by atoms with Crippen LogP contribution in [0, 0.1) is 11.3 Å². The molecule has 0 spiro atoms. The molecule has 0 atom stereocenters.